The third kappa shape index (κ3) is 4.65. The van der Waals surface area contributed by atoms with Crippen molar-refractivity contribution in [3.63, 3.8) is 0 Å². The number of carbonyl (C=O) groups is 3. The van der Waals surface area contributed by atoms with Crippen molar-refractivity contribution in [2.75, 3.05) is 19.5 Å². The monoisotopic (exact) mass is 465 g/mol. The van der Waals surface area contributed by atoms with Crippen LogP contribution in [0.5, 0.6) is 0 Å². The van der Waals surface area contributed by atoms with E-state index < -0.39 is 28.7 Å². The Kier molecular flexibility index (Phi) is 7.10. The van der Waals surface area contributed by atoms with Gasteiger partial charge in [-0.3, -0.25) is 14.9 Å². The summed E-state index contributed by atoms with van der Waals surface area (Å²) in [6.45, 7) is 3.38. The maximum Gasteiger partial charge on any atom is 0.336 e. The fourth-order valence-corrected chi connectivity index (χ4v) is 3.86. The van der Waals surface area contributed by atoms with Crippen LogP contribution >= 0.6 is 0 Å². The summed E-state index contributed by atoms with van der Waals surface area (Å²) >= 11 is 0. The predicted molar refractivity (Wildman–Crippen MR) is 123 cm³/mol. The largest absolute Gasteiger partial charge is 0.466 e. The van der Waals surface area contributed by atoms with Crippen molar-refractivity contribution in [3.05, 3.63) is 92.3 Å². The Morgan fingerprint density at radius 2 is 1.44 bits per heavy atom. The van der Waals surface area contributed by atoms with E-state index in [1.165, 1.54) is 38.5 Å². The van der Waals surface area contributed by atoms with E-state index in [1.54, 1.807) is 38.1 Å². The van der Waals surface area contributed by atoms with Gasteiger partial charge in [0, 0.05) is 34.8 Å². The average molecular weight is 465 g/mol. The van der Waals surface area contributed by atoms with Crippen LogP contribution in [0.15, 0.2) is 71.1 Å². The number of carbonyl (C=O) groups excluding carboxylic acids is 3. The van der Waals surface area contributed by atoms with Gasteiger partial charge in [0.2, 0.25) is 0 Å². The van der Waals surface area contributed by atoms with Crippen molar-refractivity contribution < 1.29 is 28.8 Å². The number of benzene rings is 2. The lowest BCUT2D eigenvalue weighted by molar-refractivity contribution is -0.384. The molecule has 2 N–H and O–H groups in total. The molecular weight excluding hydrogens is 442 g/mol. The Bertz CT molecular complexity index is 1190. The van der Waals surface area contributed by atoms with Crippen molar-refractivity contribution in [3.8, 4) is 0 Å². The van der Waals surface area contributed by atoms with E-state index in [0.717, 1.165) is 0 Å². The Morgan fingerprint density at radius 1 is 0.912 bits per heavy atom. The first-order valence-electron chi connectivity index (χ1n) is 10.2. The summed E-state index contributed by atoms with van der Waals surface area (Å²) in [7, 11) is 2.48. The molecule has 0 aromatic heterocycles. The maximum absolute atomic E-state index is 12.9. The first-order valence-corrected chi connectivity index (χ1v) is 10.2. The maximum atomic E-state index is 12.9. The van der Waals surface area contributed by atoms with Gasteiger partial charge in [-0.15, -0.1) is 0 Å². The van der Waals surface area contributed by atoms with Crippen LogP contribution in [0.4, 0.5) is 11.4 Å². The van der Waals surface area contributed by atoms with Crippen molar-refractivity contribution in [1.29, 1.82) is 0 Å². The van der Waals surface area contributed by atoms with Gasteiger partial charge in [0.05, 0.1) is 36.2 Å². The number of methoxy groups -OCH3 is 2. The average Bonchev–Trinajstić information content (AvgIpc) is 2.83. The zero-order valence-corrected chi connectivity index (χ0v) is 19.0. The standard InChI is InChI=1S/C24H23N3O7/c1-13-19(23(29)33-3)21(20(14(2)25-13)24(30)34-4)17-7-5-6-8-18(17)26-22(28)15-9-11-16(12-10-15)27(31)32/h5-12,21,25H,1-4H3,(H,26,28). The number of dihydropyridines is 1. The number of allylic oxidation sites excluding steroid dienone is 2. The molecule has 0 saturated carbocycles. The first kappa shape index (κ1) is 24.2. The van der Waals surface area contributed by atoms with Gasteiger partial charge >= 0.3 is 11.9 Å². The second-order valence-corrected chi connectivity index (χ2v) is 7.46. The molecule has 0 aliphatic carbocycles. The van der Waals surface area contributed by atoms with Crippen molar-refractivity contribution in [1.82, 2.24) is 5.32 Å². The number of rotatable bonds is 6. The molecule has 0 bridgehead atoms. The van der Waals surface area contributed by atoms with Gasteiger partial charge in [0.15, 0.2) is 0 Å². The Balaban J connectivity index is 2.09. The number of para-hydroxylation sites is 1. The molecule has 176 valence electrons. The predicted octanol–water partition coefficient (Wildman–Crippen LogP) is 3.43. The molecule has 3 rings (SSSR count). The third-order valence-corrected chi connectivity index (χ3v) is 5.43. The number of hydrogen-bond donors (Lipinski definition) is 2. The summed E-state index contributed by atoms with van der Waals surface area (Å²) in [5, 5.41) is 16.7. The molecular formula is C24H23N3O7. The second-order valence-electron chi connectivity index (χ2n) is 7.46. The molecule has 0 unspecified atom stereocenters. The van der Waals surface area contributed by atoms with Gasteiger partial charge in [0.1, 0.15) is 0 Å². The van der Waals surface area contributed by atoms with E-state index in [0.29, 0.717) is 22.6 Å². The molecule has 1 amide bonds. The summed E-state index contributed by atoms with van der Waals surface area (Å²) in [5.41, 5.74) is 2.27. The summed E-state index contributed by atoms with van der Waals surface area (Å²) < 4.78 is 9.95. The number of esters is 2. The lowest BCUT2D eigenvalue weighted by Crippen LogP contribution is -2.32. The van der Waals surface area contributed by atoms with E-state index in [4.69, 9.17) is 9.47 Å². The molecule has 0 radical (unpaired) electrons. The zero-order valence-electron chi connectivity index (χ0n) is 19.0. The number of nitro benzene ring substituents is 1. The molecule has 2 aromatic carbocycles. The van der Waals surface area contributed by atoms with Crippen LogP contribution in [0, 0.1) is 10.1 Å². The van der Waals surface area contributed by atoms with Crippen LogP contribution in [-0.2, 0) is 19.1 Å². The second kappa shape index (κ2) is 9.99. The van der Waals surface area contributed by atoms with Gasteiger partial charge in [-0.1, -0.05) is 18.2 Å². The molecule has 1 heterocycles. The molecule has 10 heteroatoms. The fraction of sp³-hybridized carbons (Fsp3) is 0.208. The SMILES string of the molecule is COC(=O)C1=C(C)NC(C)=C(C(=O)OC)C1c1ccccc1NC(=O)c1ccc([N+](=O)[O-])cc1. The highest BCUT2D eigenvalue weighted by Crippen LogP contribution is 2.42. The lowest BCUT2D eigenvalue weighted by Gasteiger charge is -2.31. The molecule has 0 fully saturated rings. The molecule has 10 nitrogen and oxygen atoms in total. The van der Waals surface area contributed by atoms with Gasteiger partial charge in [-0.2, -0.15) is 0 Å². The van der Waals surface area contributed by atoms with Crippen LogP contribution < -0.4 is 10.6 Å². The molecule has 2 aromatic rings. The van der Waals surface area contributed by atoms with Crippen LogP contribution in [0.2, 0.25) is 0 Å². The Labute approximate surface area is 195 Å². The van der Waals surface area contributed by atoms with Crippen molar-refractivity contribution in [2.45, 2.75) is 19.8 Å². The summed E-state index contributed by atoms with van der Waals surface area (Å²) in [6, 6.07) is 11.9. The number of ether oxygens (including phenoxy) is 2. The molecule has 0 atom stereocenters. The van der Waals surface area contributed by atoms with E-state index in [2.05, 4.69) is 10.6 Å². The lowest BCUT2D eigenvalue weighted by atomic mass is 9.79. The number of hydrogen-bond acceptors (Lipinski definition) is 8. The normalized spacial score (nSPS) is 13.8. The molecule has 34 heavy (non-hydrogen) atoms. The fourth-order valence-electron chi connectivity index (χ4n) is 3.86. The van der Waals surface area contributed by atoms with Gasteiger partial charge in [-0.25, -0.2) is 9.59 Å². The number of nitro groups is 1. The van der Waals surface area contributed by atoms with E-state index in [-0.39, 0.29) is 22.4 Å². The smallest absolute Gasteiger partial charge is 0.336 e. The van der Waals surface area contributed by atoms with Crippen molar-refractivity contribution in [2.24, 2.45) is 0 Å². The minimum absolute atomic E-state index is 0.140. The van der Waals surface area contributed by atoms with Crippen LogP contribution in [0.1, 0.15) is 35.7 Å². The van der Waals surface area contributed by atoms with E-state index in [1.807, 2.05) is 0 Å². The van der Waals surface area contributed by atoms with E-state index >= 15 is 0 Å². The first-order chi connectivity index (χ1) is 16.2. The van der Waals surface area contributed by atoms with Gasteiger partial charge in [0.25, 0.3) is 11.6 Å². The summed E-state index contributed by atoms with van der Waals surface area (Å²) in [6.07, 6.45) is 0. The number of anilines is 1. The number of non-ortho nitro benzene ring substituents is 1. The van der Waals surface area contributed by atoms with Crippen LogP contribution in [-0.4, -0.2) is 37.0 Å². The molecule has 1 aliphatic rings. The Morgan fingerprint density at radius 3 is 1.94 bits per heavy atom. The van der Waals surface area contributed by atoms with Crippen LogP contribution in [0.25, 0.3) is 0 Å². The Hall–Kier alpha value is -4.47. The molecule has 1 aliphatic heterocycles. The number of amides is 1. The quantitative estimate of drug-likeness (QED) is 0.376. The highest BCUT2D eigenvalue weighted by molar-refractivity contribution is 6.06. The van der Waals surface area contributed by atoms with Crippen molar-refractivity contribution >= 4 is 29.2 Å². The molecule has 0 spiro atoms. The van der Waals surface area contributed by atoms with E-state index in [9.17, 15) is 24.5 Å². The molecule has 0 saturated heterocycles. The number of nitrogens with zero attached hydrogens (tertiary/aromatic N) is 1. The summed E-state index contributed by atoms with van der Waals surface area (Å²) in [4.78, 5) is 48.7. The third-order valence-electron chi connectivity index (χ3n) is 5.43. The van der Waals surface area contributed by atoms with Crippen LogP contribution in [0.3, 0.4) is 0 Å². The summed E-state index contributed by atoms with van der Waals surface area (Å²) in [5.74, 6) is -2.67. The highest BCUT2D eigenvalue weighted by Gasteiger charge is 2.38. The highest BCUT2D eigenvalue weighted by atomic mass is 16.6. The zero-order chi connectivity index (χ0) is 25.0. The minimum Gasteiger partial charge on any atom is -0.466 e. The topological polar surface area (TPSA) is 137 Å². The van der Waals surface area contributed by atoms with Gasteiger partial charge in [-0.05, 0) is 37.6 Å². The number of nitrogens with one attached hydrogen (secondary N) is 2. The minimum atomic E-state index is -0.880. The van der Waals surface area contributed by atoms with Gasteiger partial charge < -0.3 is 20.1 Å².